The summed E-state index contributed by atoms with van der Waals surface area (Å²) >= 11 is 6.94. The molecule has 0 amide bonds. The van der Waals surface area contributed by atoms with Crippen LogP contribution in [-0.2, 0) is 0 Å². The second-order valence-corrected chi connectivity index (χ2v) is 4.93. The number of carboxylic acids is 1. The standard InChI is InChI=1S/C11H8ClN3O3S/c12-7-4-5(13)3-6(10(17)18)9(7)19-11-14-2-1-8(16)15-11/h1-4H,13H2,(H,17,18)(H,14,15,16). The maximum Gasteiger partial charge on any atom is 0.336 e. The Hall–Kier alpha value is -1.99. The van der Waals surface area contributed by atoms with E-state index in [0.717, 1.165) is 11.8 Å². The third-order valence-electron chi connectivity index (χ3n) is 2.14. The quantitative estimate of drug-likeness (QED) is 0.589. The highest BCUT2D eigenvalue weighted by Crippen LogP contribution is 2.35. The summed E-state index contributed by atoms with van der Waals surface area (Å²) in [5, 5.41) is 9.57. The average Bonchev–Trinajstić information content (AvgIpc) is 2.32. The Kier molecular flexibility index (Phi) is 3.77. The van der Waals surface area contributed by atoms with Crippen molar-refractivity contribution >= 4 is 35.0 Å². The molecule has 0 spiro atoms. The Bertz CT molecular complexity index is 702. The number of nitrogens with one attached hydrogen (secondary N) is 1. The number of hydrogen-bond acceptors (Lipinski definition) is 5. The Morgan fingerprint density at radius 3 is 2.84 bits per heavy atom. The summed E-state index contributed by atoms with van der Waals surface area (Å²) in [4.78, 5) is 29.0. The van der Waals surface area contributed by atoms with Crippen molar-refractivity contribution in [1.29, 1.82) is 0 Å². The van der Waals surface area contributed by atoms with E-state index in [2.05, 4.69) is 9.97 Å². The number of rotatable bonds is 3. The molecule has 0 radical (unpaired) electrons. The zero-order chi connectivity index (χ0) is 14.0. The average molecular weight is 298 g/mol. The largest absolute Gasteiger partial charge is 0.478 e. The number of halogens is 1. The Labute approximate surface area is 116 Å². The Morgan fingerprint density at radius 1 is 1.47 bits per heavy atom. The SMILES string of the molecule is Nc1cc(Cl)c(Sc2nccc(=O)[nH]2)c(C(=O)O)c1. The van der Waals surface area contributed by atoms with Gasteiger partial charge >= 0.3 is 5.97 Å². The number of aromatic amines is 1. The predicted octanol–water partition coefficient (Wildman–Crippen LogP) is 1.85. The number of carbonyl (C=O) groups is 1. The molecule has 6 nitrogen and oxygen atoms in total. The number of benzene rings is 1. The summed E-state index contributed by atoms with van der Waals surface area (Å²) in [6, 6.07) is 4.00. The number of aromatic carboxylic acids is 1. The summed E-state index contributed by atoms with van der Waals surface area (Å²) in [5.74, 6) is -1.16. The van der Waals surface area contributed by atoms with E-state index in [0.29, 0.717) is 0 Å². The molecule has 0 saturated heterocycles. The second kappa shape index (κ2) is 5.33. The minimum atomic E-state index is -1.16. The lowest BCUT2D eigenvalue weighted by molar-refractivity contribution is 0.0693. The normalized spacial score (nSPS) is 10.4. The molecule has 98 valence electrons. The number of nitrogens with two attached hydrogens (primary N) is 1. The van der Waals surface area contributed by atoms with Crippen LogP contribution < -0.4 is 11.3 Å². The first-order valence-corrected chi connectivity index (χ1v) is 6.22. The fraction of sp³-hybridized carbons (Fsp3) is 0. The predicted molar refractivity (Wildman–Crippen MR) is 71.8 cm³/mol. The van der Waals surface area contributed by atoms with E-state index < -0.39 is 5.97 Å². The number of carboxylic acid groups (broad SMARTS) is 1. The van der Waals surface area contributed by atoms with Crippen LogP contribution in [0.15, 0.2) is 39.2 Å². The van der Waals surface area contributed by atoms with Gasteiger partial charge in [0.1, 0.15) is 0 Å². The maximum atomic E-state index is 11.2. The first-order chi connectivity index (χ1) is 8.97. The Balaban J connectivity index is 2.50. The number of hydrogen-bond donors (Lipinski definition) is 3. The first-order valence-electron chi connectivity index (χ1n) is 5.03. The van der Waals surface area contributed by atoms with E-state index in [9.17, 15) is 9.59 Å². The van der Waals surface area contributed by atoms with E-state index in [4.69, 9.17) is 22.4 Å². The lowest BCUT2D eigenvalue weighted by Gasteiger charge is -2.08. The minimum Gasteiger partial charge on any atom is -0.478 e. The van der Waals surface area contributed by atoms with Crippen LogP contribution >= 0.6 is 23.4 Å². The van der Waals surface area contributed by atoms with Gasteiger partial charge in [0.2, 0.25) is 0 Å². The van der Waals surface area contributed by atoms with Crippen LogP contribution in [0, 0.1) is 0 Å². The summed E-state index contributed by atoms with van der Waals surface area (Å²) < 4.78 is 0. The van der Waals surface area contributed by atoms with Gasteiger partial charge in [-0.15, -0.1) is 0 Å². The van der Waals surface area contributed by atoms with E-state index in [1.807, 2.05) is 0 Å². The van der Waals surface area contributed by atoms with Crippen molar-refractivity contribution < 1.29 is 9.90 Å². The van der Waals surface area contributed by atoms with Gasteiger partial charge in [-0.05, 0) is 23.9 Å². The van der Waals surface area contributed by atoms with Crippen LogP contribution in [0.5, 0.6) is 0 Å². The fourth-order valence-corrected chi connectivity index (χ4v) is 2.59. The van der Waals surface area contributed by atoms with E-state index in [1.54, 1.807) is 0 Å². The molecule has 19 heavy (non-hydrogen) atoms. The molecule has 2 rings (SSSR count). The van der Waals surface area contributed by atoms with Gasteiger partial charge < -0.3 is 15.8 Å². The van der Waals surface area contributed by atoms with Gasteiger partial charge in [0.05, 0.1) is 10.6 Å². The van der Waals surface area contributed by atoms with Crippen LogP contribution in [0.1, 0.15) is 10.4 Å². The molecule has 0 unspecified atom stereocenters. The van der Waals surface area contributed by atoms with Crippen LogP contribution in [0.4, 0.5) is 5.69 Å². The summed E-state index contributed by atoms with van der Waals surface area (Å²) in [7, 11) is 0. The van der Waals surface area contributed by atoms with Gasteiger partial charge in [-0.3, -0.25) is 4.79 Å². The van der Waals surface area contributed by atoms with Crippen LogP contribution in [0.3, 0.4) is 0 Å². The number of anilines is 1. The molecule has 0 bridgehead atoms. The zero-order valence-corrected chi connectivity index (χ0v) is 11.0. The lowest BCUT2D eigenvalue weighted by atomic mass is 10.2. The maximum absolute atomic E-state index is 11.2. The van der Waals surface area contributed by atoms with Gasteiger partial charge in [-0.1, -0.05) is 11.6 Å². The van der Waals surface area contributed by atoms with Gasteiger partial charge in [0.15, 0.2) is 5.16 Å². The molecule has 1 aromatic carbocycles. The zero-order valence-electron chi connectivity index (χ0n) is 9.38. The third kappa shape index (κ3) is 3.07. The van der Waals surface area contributed by atoms with E-state index >= 15 is 0 Å². The van der Waals surface area contributed by atoms with Crippen molar-refractivity contribution in [2.45, 2.75) is 10.1 Å². The third-order valence-corrected chi connectivity index (χ3v) is 3.60. The summed E-state index contributed by atoms with van der Waals surface area (Å²) in [6.45, 7) is 0. The highest BCUT2D eigenvalue weighted by atomic mass is 35.5. The van der Waals surface area contributed by atoms with E-state index in [1.165, 1.54) is 24.4 Å². The second-order valence-electron chi connectivity index (χ2n) is 3.53. The highest BCUT2D eigenvalue weighted by Gasteiger charge is 2.16. The molecule has 1 heterocycles. The topological polar surface area (TPSA) is 109 Å². The molecule has 0 aliphatic rings. The number of nitrogen functional groups attached to an aromatic ring is 1. The fourth-order valence-electron chi connectivity index (χ4n) is 1.38. The highest BCUT2D eigenvalue weighted by molar-refractivity contribution is 7.99. The molecular formula is C11H8ClN3O3S. The first kappa shape index (κ1) is 13.4. The van der Waals surface area contributed by atoms with Gasteiger partial charge in [-0.25, -0.2) is 9.78 Å². The van der Waals surface area contributed by atoms with Gasteiger partial charge in [-0.2, -0.15) is 0 Å². The number of aromatic nitrogens is 2. The van der Waals surface area contributed by atoms with Crippen LogP contribution in [0.25, 0.3) is 0 Å². The molecule has 0 saturated carbocycles. The number of H-pyrrole nitrogens is 1. The van der Waals surface area contributed by atoms with Crippen molar-refractivity contribution in [3.05, 3.63) is 45.3 Å². The van der Waals surface area contributed by atoms with Gasteiger partial charge in [0.25, 0.3) is 5.56 Å². The monoisotopic (exact) mass is 297 g/mol. The molecule has 0 aliphatic carbocycles. The van der Waals surface area contributed by atoms with Crippen molar-refractivity contribution in [3.63, 3.8) is 0 Å². The number of nitrogens with zero attached hydrogens (tertiary/aromatic N) is 1. The minimum absolute atomic E-state index is 0.0403. The van der Waals surface area contributed by atoms with Crippen molar-refractivity contribution in [2.24, 2.45) is 0 Å². The van der Waals surface area contributed by atoms with Crippen LogP contribution in [-0.4, -0.2) is 21.0 Å². The molecule has 8 heteroatoms. The van der Waals surface area contributed by atoms with Crippen molar-refractivity contribution in [1.82, 2.24) is 9.97 Å². The molecule has 0 fully saturated rings. The van der Waals surface area contributed by atoms with E-state index in [-0.39, 0.29) is 31.9 Å². The lowest BCUT2D eigenvalue weighted by Crippen LogP contribution is -2.06. The molecule has 0 aliphatic heterocycles. The Morgan fingerprint density at radius 2 is 2.21 bits per heavy atom. The summed E-state index contributed by atoms with van der Waals surface area (Å²) in [6.07, 6.45) is 1.33. The van der Waals surface area contributed by atoms with Gasteiger partial charge in [0, 0.05) is 22.8 Å². The molecule has 1 aromatic heterocycles. The molecule has 2 aromatic rings. The summed E-state index contributed by atoms with van der Waals surface area (Å²) in [5.41, 5.74) is 5.43. The molecule has 0 atom stereocenters. The molecular weight excluding hydrogens is 290 g/mol. The molecule has 4 N–H and O–H groups in total. The van der Waals surface area contributed by atoms with Crippen LogP contribution in [0.2, 0.25) is 5.02 Å². The van der Waals surface area contributed by atoms with Crippen molar-refractivity contribution in [3.8, 4) is 0 Å². The smallest absolute Gasteiger partial charge is 0.336 e. The van der Waals surface area contributed by atoms with Crippen molar-refractivity contribution in [2.75, 3.05) is 5.73 Å².